The average Bonchev–Trinajstić information content (AvgIpc) is 2.75. The van der Waals surface area contributed by atoms with E-state index < -0.39 is 0 Å². The van der Waals surface area contributed by atoms with Gasteiger partial charge in [-0.1, -0.05) is 12.8 Å². The molecule has 0 spiro atoms. The summed E-state index contributed by atoms with van der Waals surface area (Å²) in [7, 11) is 0. The molecular weight excluding hydrogens is 198 g/mol. The van der Waals surface area contributed by atoms with Crippen LogP contribution in [-0.2, 0) is 4.79 Å². The summed E-state index contributed by atoms with van der Waals surface area (Å²) in [6.07, 6.45) is 11.5. The standard InChI is InChI=1S/C14H23NO/c16-14-9-3-8-13(14)15-10-4-6-11-5-1-2-7-12(11)15/h11-13H,1-10H2/t11-,12-,13?/m1/s1. The summed E-state index contributed by atoms with van der Waals surface area (Å²) in [5, 5.41) is 0. The van der Waals surface area contributed by atoms with E-state index in [2.05, 4.69) is 4.90 Å². The lowest BCUT2D eigenvalue weighted by Crippen LogP contribution is -2.52. The molecular formula is C14H23NO. The molecule has 0 aromatic heterocycles. The van der Waals surface area contributed by atoms with Crippen LogP contribution in [0.25, 0.3) is 0 Å². The van der Waals surface area contributed by atoms with Crippen LogP contribution in [0.15, 0.2) is 0 Å². The van der Waals surface area contributed by atoms with Crippen LogP contribution in [0, 0.1) is 5.92 Å². The molecule has 90 valence electrons. The quantitative estimate of drug-likeness (QED) is 0.678. The third kappa shape index (κ3) is 1.81. The number of Topliss-reactive ketones (excluding diaryl/α,β-unsaturated/α-hetero) is 1. The van der Waals surface area contributed by atoms with Gasteiger partial charge in [0.05, 0.1) is 6.04 Å². The van der Waals surface area contributed by atoms with Gasteiger partial charge in [-0.25, -0.2) is 0 Å². The van der Waals surface area contributed by atoms with Gasteiger partial charge in [-0.3, -0.25) is 9.69 Å². The van der Waals surface area contributed by atoms with Crippen LogP contribution < -0.4 is 0 Å². The Kier molecular flexibility index (Phi) is 3.01. The van der Waals surface area contributed by atoms with Gasteiger partial charge in [0.15, 0.2) is 0 Å². The van der Waals surface area contributed by atoms with Crippen LogP contribution in [0.4, 0.5) is 0 Å². The number of hydrogen-bond acceptors (Lipinski definition) is 2. The molecule has 2 aliphatic carbocycles. The summed E-state index contributed by atoms with van der Waals surface area (Å²) in [6, 6.07) is 1.07. The minimum Gasteiger partial charge on any atom is -0.298 e. The van der Waals surface area contributed by atoms with E-state index in [1.54, 1.807) is 0 Å². The van der Waals surface area contributed by atoms with Crippen molar-refractivity contribution < 1.29 is 4.79 Å². The van der Waals surface area contributed by atoms with Crippen molar-refractivity contribution in [2.45, 2.75) is 69.9 Å². The molecule has 2 heteroatoms. The van der Waals surface area contributed by atoms with E-state index in [0.29, 0.717) is 11.8 Å². The summed E-state index contributed by atoms with van der Waals surface area (Å²) >= 11 is 0. The third-order valence-electron chi connectivity index (χ3n) is 4.96. The lowest BCUT2D eigenvalue weighted by molar-refractivity contribution is -0.124. The highest BCUT2D eigenvalue weighted by atomic mass is 16.1. The Morgan fingerprint density at radius 3 is 2.56 bits per heavy atom. The van der Waals surface area contributed by atoms with Crippen LogP contribution in [0.1, 0.15) is 57.8 Å². The smallest absolute Gasteiger partial charge is 0.149 e. The molecule has 0 N–H and O–H groups in total. The number of ketones is 1. The minimum absolute atomic E-state index is 0.311. The fraction of sp³-hybridized carbons (Fsp3) is 0.929. The molecule has 3 fully saturated rings. The molecule has 2 nitrogen and oxygen atoms in total. The molecule has 0 radical (unpaired) electrons. The van der Waals surface area contributed by atoms with Gasteiger partial charge in [0.1, 0.15) is 5.78 Å². The van der Waals surface area contributed by atoms with Crippen molar-refractivity contribution in [3.05, 3.63) is 0 Å². The molecule has 1 aliphatic heterocycles. The number of carbonyl (C=O) groups excluding carboxylic acids is 1. The van der Waals surface area contributed by atoms with E-state index in [9.17, 15) is 4.79 Å². The summed E-state index contributed by atoms with van der Waals surface area (Å²) in [6.45, 7) is 1.19. The van der Waals surface area contributed by atoms with Crippen LogP contribution >= 0.6 is 0 Å². The highest BCUT2D eigenvalue weighted by Gasteiger charge is 2.40. The van der Waals surface area contributed by atoms with Gasteiger partial charge in [0.2, 0.25) is 0 Å². The van der Waals surface area contributed by atoms with Crippen molar-refractivity contribution in [1.82, 2.24) is 4.90 Å². The molecule has 0 aromatic carbocycles. The predicted molar refractivity (Wildman–Crippen MR) is 64.3 cm³/mol. The predicted octanol–water partition coefficient (Wildman–Crippen LogP) is 2.76. The molecule has 0 bridgehead atoms. The van der Waals surface area contributed by atoms with Gasteiger partial charge < -0.3 is 0 Å². The molecule has 1 unspecified atom stereocenters. The van der Waals surface area contributed by atoms with E-state index in [4.69, 9.17) is 0 Å². The van der Waals surface area contributed by atoms with Gasteiger partial charge in [-0.2, -0.15) is 0 Å². The number of nitrogens with zero attached hydrogens (tertiary/aromatic N) is 1. The lowest BCUT2D eigenvalue weighted by Gasteiger charge is -2.46. The van der Waals surface area contributed by atoms with E-state index in [0.717, 1.165) is 31.2 Å². The zero-order valence-corrected chi connectivity index (χ0v) is 10.2. The third-order valence-corrected chi connectivity index (χ3v) is 4.96. The fourth-order valence-corrected chi connectivity index (χ4v) is 4.20. The van der Waals surface area contributed by atoms with Gasteiger partial charge in [0, 0.05) is 12.5 Å². The van der Waals surface area contributed by atoms with Crippen molar-refractivity contribution >= 4 is 5.78 Å². The van der Waals surface area contributed by atoms with Crippen LogP contribution in [0.5, 0.6) is 0 Å². The van der Waals surface area contributed by atoms with E-state index in [1.165, 1.54) is 45.1 Å². The first-order chi connectivity index (χ1) is 7.86. The second-order valence-electron chi connectivity index (χ2n) is 5.87. The summed E-state index contributed by atoms with van der Waals surface area (Å²) in [4.78, 5) is 14.5. The summed E-state index contributed by atoms with van der Waals surface area (Å²) in [5.41, 5.74) is 0. The number of hydrogen-bond donors (Lipinski definition) is 0. The largest absolute Gasteiger partial charge is 0.298 e. The Labute approximate surface area is 98.4 Å². The number of fused-ring (bicyclic) bond motifs is 1. The van der Waals surface area contributed by atoms with Crippen LogP contribution in [0.2, 0.25) is 0 Å². The zero-order chi connectivity index (χ0) is 11.0. The second kappa shape index (κ2) is 4.48. The highest BCUT2D eigenvalue weighted by Crippen LogP contribution is 2.38. The molecule has 1 saturated heterocycles. The molecule has 2 saturated carbocycles. The molecule has 3 aliphatic rings. The first kappa shape index (κ1) is 10.8. The molecule has 0 amide bonds. The number of piperidine rings is 1. The minimum atomic E-state index is 0.311. The Morgan fingerprint density at radius 1 is 0.938 bits per heavy atom. The van der Waals surface area contributed by atoms with E-state index in [-0.39, 0.29) is 0 Å². The van der Waals surface area contributed by atoms with Crippen molar-refractivity contribution in [2.75, 3.05) is 6.54 Å². The first-order valence-corrected chi connectivity index (χ1v) is 7.15. The van der Waals surface area contributed by atoms with Crippen LogP contribution in [0.3, 0.4) is 0 Å². The maximum absolute atomic E-state index is 11.9. The SMILES string of the molecule is O=C1CCCC1N1CCC[C@H]2CCCC[C@H]21. The molecule has 3 atom stereocenters. The summed E-state index contributed by atoms with van der Waals surface area (Å²) in [5.74, 6) is 1.45. The van der Waals surface area contributed by atoms with Gasteiger partial charge in [-0.05, 0) is 51.0 Å². The Balaban J connectivity index is 1.74. The fourth-order valence-electron chi connectivity index (χ4n) is 4.20. The lowest BCUT2D eigenvalue weighted by atomic mass is 9.77. The van der Waals surface area contributed by atoms with Gasteiger partial charge in [-0.15, -0.1) is 0 Å². The topological polar surface area (TPSA) is 20.3 Å². The summed E-state index contributed by atoms with van der Waals surface area (Å²) < 4.78 is 0. The number of likely N-dealkylation sites (tertiary alicyclic amines) is 1. The maximum atomic E-state index is 11.9. The number of rotatable bonds is 1. The molecule has 0 aromatic rings. The monoisotopic (exact) mass is 221 g/mol. The van der Waals surface area contributed by atoms with Crippen LogP contribution in [-0.4, -0.2) is 29.3 Å². The normalized spacial score (nSPS) is 41.0. The highest BCUT2D eigenvalue weighted by molar-refractivity contribution is 5.85. The molecule has 1 heterocycles. The van der Waals surface area contributed by atoms with Crippen molar-refractivity contribution in [3.8, 4) is 0 Å². The van der Waals surface area contributed by atoms with Crippen molar-refractivity contribution in [2.24, 2.45) is 5.92 Å². The van der Waals surface area contributed by atoms with Crippen molar-refractivity contribution in [1.29, 1.82) is 0 Å². The molecule has 3 rings (SSSR count). The van der Waals surface area contributed by atoms with Gasteiger partial charge in [0.25, 0.3) is 0 Å². The van der Waals surface area contributed by atoms with E-state index in [1.807, 2.05) is 0 Å². The first-order valence-electron chi connectivity index (χ1n) is 7.15. The Morgan fingerprint density at radius 2 is 1.75 bits per heavy atom. The maximum Gasteiger partial charge on any atom is 0.149 e. The zero-order valence-electron chi connectivity index (χ0n) is 10.2. The Hall–Kier alpha value is -0.370. The Bertz CT molecular complexity index is 274. The number of carbonyl (C=O) groups is 1. The molecule has 16 heavy (non-hydrogen) atoms. The van der Waals surface area contributed by atoms with Gasteiger partial charge >= 0.3 is 0 Å². The average molecular weight is 221 g/mol. The second-order valence-corrected chi connectivity index (χ2v) is 5.87. The van der Waals surface area contributed by atoms with Crippen molar-refractivity contribution in [3.63, 3.8) is 0 Å². The van der Waals surface area contributed by atoms with E-state index >= 15 is 0 Å².